The first-order valence-corrected chi connectivity index (χ1v) is 9.07. The van der Waals surface area contributed by atoms with Gasteiger partial charge < -0.3 is 10.6 Å². The largest absolute Gasteiger partial charge is 0.368 e. The lowest BCUT2D eigenvalue weighted by atomic mass is 10.3. The van der Waals surface area contributed by atoms with Gasteiger partial charge in [-0.05, 0) is 0 Å². The van der Waals surface area contributed by atoms with Crippen molar-refractivity contribution < 1.29 is 0 Å². The molecule has 2 N–H and O–H groups in total. The molecule has 8 nitrogen and oxygen atoms in total. The second kappa shape index (κ2) is 6.58. The van der Waals surface area contributed by atoms with Crippen molar-refractivity contribution in [2.24, 2.45) is 0 Å². The van der Waals surface area contributed by atoms with Gasteiger partial charge in [0.15, 0.2) is 4.96 Å². The van der Waals surface area contributed by atoms with E-state index in [-0.39, 0.29) is 11.5 Å². The Morgan fingerprint density at radius 3 is 2.72 bits per heavy atom. The second-order valence-electron chi connectivity index (χ2n) is 5.81. The molecule has 3 aromatic heterocycles. The number of piperazine rings is 1. The molecule has 1 fully saturated rings. The van der Waals surface area contributed by atoms with Gasteiger partial charge in [-0.3, -0.25) is 14.1 Å². The molecule has 130 valence electrons. The third kappa shape index (κ3) is 3.44. The predicted molar refractivity (Wildman–Crippen MR) is 98.3 cm³/mol. The highest BCUT2D eigenvalue weighted by atomic mass is 35.5. The van der Waals surface area contributed by atoms with Crippen LogP contribution in [0.25, 0.3) is 4.96 Å². The van der Waals surface area contributed by atoms with Crippen molar-refractivity contribution in [3.05, 3.63) is 44.9 Å². The number of thiazole rings is 1. The lowest BCUT2D eigenvalue weighted by Gasteiger charge is -2.35. The first-order chi connectivity index (χ1) is 12.1. The van der Waals surface area contributed by atoms with E-state index in [1.807, 2.05) is 5.38 Å². The van der Waals surface area contributed by atoms with Crippen molar-refractivity contribution in [2.45, 2.75) is 6.54 Å². The number of hydrogen-bond acceptors (Lipinski definition) is 8. The third-order valence-corrected chi connectivity index (χ3v) is 5.09. The summed E-state index contributed by atoms with van der Waals surface area (Å²) in [6.07, 6.45) is 1.75. The lowest BCUT2D eigenvalue weighted by molar-refractivity contribution is 0.246. The summed E-state index contributed by atoms with van der Waals surface area (Å²) in [6, 6.07) is 3.33. The van der Waals surface area contributed by atoms with E-state index in [0.717, 1.165) is 42.7 Å². The topological polar surface area (TPSA) is 92.7 Å². The Bertz CT molecular complexity index is 944. The van der Waals surface area contributed by atoms with Crippen LogP contribution in [0, 0.1) is 0 Å². The maximum atomic E-state index is 12.1. The van der Waals surface area contributed by atoms with Crippen LogP contribution in [0.5, 0.6) is 0 Å². The molecular formula is C15H16ClN7OS. The van der Waals surface area contributed by atoms with Crippen LogP contribution in [0.1, 0.15) is 5.69 Å². The van der Waals surface area contributed by atoms with Gasteiger partial charge in [-0.2, -0.15) is 4.98 Å². The van der Waals surface area contributed by atoms with Crippen LogP contribution in [0.15, 0.2) is 28.5 Å². The number of nitrogens with zero attached hydrogens (tertiary/aromatic N) is 6. The molecule has 0 aliphatic carbocycles. The van der Waals surface area contributed by atoms with Gasteiger partial charge in [-0.25, -0.2) is 9.97 Å². The minimum atomic E-state index is -0.0361. The molecule has 25 heavy (non-hydrogen) atoms. The zero-order valence-corrected chi connectivity index (χ0v) is 14.9. The molecule has 4 rings (SSSR count). The average molecular weight is 378 g/mol. The summed E-state index contributed by atoms with van der Waals surface area (Å²) in [4.78, 5) is 29.9. The Labute approximate surface area is 152 Å². The van der Waals surface area contributed by atoms with Gasteiger partial charge in [-0.1, -0.05) is 11.6 Å². The Morgan fingerprint density at radius 2 is 1.96 bits per heavy atom. The third-order valence-electron chi connectivity index (χ3n) is 4.14. The van der Waals surface area contributed by atoms with E-state index in [4.69, 9.17) is 17.3 Å². The first-order valence-electron chi connectivity index (χ1n) is 7.81. The van der Waals surface area contributed by atoms with Gasteiger partial charge in [0, 0.05) is 56.4 Å². The Kier molecular flexibility index (Phi) is 4.28. The summed E-state index contributed by atoms with van der Waals surface area (Å²) in [7, 11) is 0. The van der Waals surface area contributed by atoms with Gasteiger partial charge >= 0.3 is 0 Å². The van der Waals surface area contributed by atoms with Gasteiger partial charge in [0.2, 0.25) is 5.95 Å². The quantitative estimate of drug-likeness (QED) is 0.683. The van der Waals surface area contributed by atoms with Crippen molar-refractivity contribution in [3.63, 3.8) is 0 Å². The number of hydrogen-bond donors (Lipinski definition) is 1. The zero-order valence-electron chi connectivity index (χ0n) is 13.3. The summed E-state index contributed by atoms with van der Waals surface area (Å²) >= 11 is 7.42. The lowest BCUT2D eigenvalue weighted by Crippen LogP contribution is -2.46. The zero-order chi connectivity index (χ0) is 17.4. The molecule has 4 heterocycles. The Balaban J connectivity index is 1.43. The van der Waals surface area contributed by atoms with Crippen molar-refractivity contribution in [1.29, 1.82) is 0 Å². The fourth-order valence-electron chi connectivity index (χ4n) is 2.92. The normalized spacial score (nSPS) is 15.8. The van der Waals surface area contributed by atoms with E-state index in [1.165, 1.54) is 11.3 Å². The number of aromatic nitrogens is 4. The molecule has 0 saturated carbocycles. The number of halogens is 1. The monoisotopic (exact) mass is 377 g/mol. The second-order valence-corrected chi connectivity index (χ2v) is 7.07. The van der Waals surface area contributed by atoms with Crippen LogP contribution in [0.2, 0.25) is 5.15 Å². The van der Waals surface area contributed by atoms with Crippen molar-refractivity contribution in [3.8, 4) is 0 Å². The molecule has 0 aromatic carbocycles. The smallest absolute Gasteiger partial charge is 0.258 e. The van der Waals surface area contributed by atoms with E-state index < -0.39 is 0 Å². The van der Waals surface area contributed by atoms with Crippen LogP contribution in [0.3, 0.4) is 0 Å². The van der Waals surface area contributed by atoms with Crippen LogP contribution in [-0.2, 0) is 6.54 Å². The number of rotatable bonds is 3. The molecule has 1 aliphatic heterocycles. The minimum Gasteiger partial charge on any atom is -0.368 e. The van der Waals surface area contributed by atoms with E-state index in [0.29, 0.717) is 11.7 Å². The van der Waals surface area contributed by atoms with Crippen LogP contribution < -0.4 is 16.2 Å². The van der Waals surface area contributed by atoms with Crippen molar-refractivity contribution >= 4 is 39.7 Å². The number of fused-ring (bicyclic) bond motifs is 1. The van der Waals surface area contributed by atoms with Gasteiger partial charge in [0.25, 0.3) is 5.56 Å². The molecule has 3 aromatic rings. The summed E-state index contributed by atoms with van der Waals surface area (Å²) in [6.45, 7) is 3.93. The van der Waals surface area contributed by atoms with E-state index in [2.05, 4.69) is 24.8 Å². The number of anilines is 2. The Morgan fingerprint density at radius 1 is 1.16 bits per heavy atom. The van der Waals surface area contributed by atoms with Gasteiger partial charge in [0.1, 0.15) is 11.0 Å². The standard InChI is InChI=1S/C15H16ClN7OS/c16-11-8-12(20-14(17)19-11)22-3-1-21(2-4-22)9-10-7-13(24)23-5-6-25-15(23)18-10/h5-8H,1-4,9H2,(H2,17,19,20). The molecule has 0 spiro atoms. The highest BCUT2D eigenvalue weighted by molar-refractivity contribution is 7.15. The fraction of sp³-hybridized carbons (Fsp3) is 0.333. The van der Waals surface area contributed by atoms with Crippen LogP contribution >= 0.6 is 22.9 Å². The summed E-state index contributed by atoms with van der Waals surface area (Å²) in [5.41, 5.74) is 6.43. The molecule has 0 amide bonds. The Hall–Kier alpha value is -2.23. The highest BCUT2D eigenvalue weighted by Gasteiger charge is 2.20. The van der Waals surface area contributed by atoms with Gasteiger partial charge in [-0.15, -0.1) is 11.3 Å². The molecule has 10 heteroatoms. The van der Waals surface area contributed by atoms with E-state index in [1.54, 1.807) is 22.7 Å². The molecule has 1 aliphatic rings. The maximum absolute atomic E-state index is 12.1. The van der Waals surface area contributed by atoms with Crippen molar-refractivity contribution in [2.75, 3.05) is 36.8 Å². The average Bonchev–Trinajstić information content (AvgIpc) is 3.04. The molecule has 0 bridgehead atoms. The van der Waals surface area contributed by atoms with Gasteiger partial charge in [0.05, 0.1) is 5.69 Å². The number of nitrogen functional groups attached to an aromatic ring is 1. The maximum Gasteiger partial charge on any atom is 0.258 e. The van der Waals surface area contributed by atoms with Crippen LogP contribution in [-0.4, -0.2) is 50.4 Å². The van der Waals surface area contributed by atoms with E-state index >= 15 is 0 Å². The molecule has 0 unspecified atom stereocenters. The minimum absolute atomic E-state index is 0.0361. The first kappa shape index (κ1) is 16.2. The highest BCUT2D eigenvalue weighted by Crippen LogP contribution is 2.19. The summed E-state index contributed by atoms with van der Waals surface area (Å²) < 4.78 is 1.56. The molecule has 1 saturated heterocycles. The van der Waals surface area contributed by atoms with Crippen LogP contribution in [0.4, 0.5) is 11.8 Å². The van der Waals surface area contributed by atoms with E-state index in [9.17, 15) is 4.79 Å². The SMILES string of the molecule is Nc1nc(Cl)cc(N2CCN(Cc3cc(=O)n4ccsc4n3)CC2)n1. The summed E-state index contributed by atoms with van der Waals surface area (Å²) in [5, 5.41) is 2.21. The molecule has 0 atom stereocenters. The number of nitrogens with two attached hydrogens (primary N) is 1. The molecular weight excluding hydrogens is 362 g/mol. The predicted octanol–water partition coefficient (Wildman–Crippen LogP) is 1.10. The van der Waals surface area contributed by atoms with Crippen molar-refractivity contribution in [1.82, 2.24) is 24.3 Å². The fourth-order valence-corrected chi connectivity index (χ4v) is 3.84. The molecule has 0 radical (unpaired) electrons. The summed E-state index contributed by atoms with van der Waals surface area (Å²) in [5.74, 6) is 0.923.